The van der Waals surface area contributed by atoms with Crippen LogP contribution in [0.5, 0.6) is 0 Å². The van der Waals surface area contributed by atoms with Crippen molar-refractivity contribution >= 4 is 10.0 Å². The number of ether oxygens (including phenoxy) is 1. The summed E-state index contributed by atoms with van der Waals surface area (Å²) >= 11 is 0. The van der Waals surface area contributed by atoms with Gasteiger partial charge in [-0.2, -0.15) is 4.31 Å². The molecule has 0 atom stereocenters. The number of piperidine rings is 1. The molecule has 1 N–H and O–H groups in total. The third kappa shape index (κ3) is 3.26. The highest BCUT2D eigenvalue weighted by Gasteiger charge is 2.30. The van der Waals surface area contributed by atoms with Gasteiger partial charge in [-0.05, 0) is 37.5 Å². The summed E-state index contributed by atoms with van der Waals surface area (Å²) in [7, 11) is -2.05. The Kier molecular flexibility index (Phi) is 4.98. The van der Waals surface area contributed by atoms with E-state index in [0.29, 0.717) is 25.9 Å². The third-order valence-electron chi connectivity index (χ3n) is 3.85. The molecule has 0 aliphatic carbocycles. The minimum Gasteiger partial charge on any atom is -0.392 e. The lowest BCUT2D eigenvalue weighted by molar-refractivity contribution is 0.0604. The Labute approximate surface area is 124 Å². The zero-order valence-corrected chi connectivity index (χ0v) is 13.0. The summed E-state index contributed by atoms with van der Waals surface area (Å²) in [5.41, 5.74) is 0.215. The van der Waals surface area contributed by atoms with E-state index in [-0.39, 0.29) is 22.1 Å². The first-order chi connectivity index (χ1) is 9.90. The van der Waals surface area contributed by atoms with E-state index in [2.05, 4.69) is 0 Å². The molecule has 0 spiro atoms. The Morgan fingerprint density at radius 1 is 1.38 bits per heavy atom. The second-order valence-electron chi connectivity index (χ2n) is 5.21. The number of nitrogens with zero attached hydrogens (tertiary/aromatic N) is 1. The molecule has 1 saturated heterocycles. The summed E-state index contributed by atoms with van der Waals surface area (Å²) in [4.78, 5) is 0.0290. The molecule has 1 fully saturated rings. The van der Waals surface area contributed by atoms with Crippen molar-refractivity contribution in [3.05, 3.63) is 29.1 Å². The number of aryl methyl sites for hydroxylation is 1. The van der Waals surface area contributed by atoms with Crippen LogP contribution in [0.15, 0.2) is 17.0 Å². The van der Waals surface area contributed by atoms with Crippen molar-refractivity contribution in [1.82, 2.24) is 4.31 Å². The van der Waals surface area contributed by atoms with Crippen molar-refractivity contribution in [2.24, 2.45) is 0 Å². The third-order valence-corrected chi connectivity index (χ3v) is 5.72. The molecule has 1 aromatic carbocycles. The lowest BCUT2D eigenvalue weighted by atomic mass is 10.1. The van der Waals surface area contributed by atoms with Gasteiger partial charge in [0.2, 0.25) is 10.0 Å². The summed E-state index contributed by atoms with van der Waals surface area (Å²) in [5.74, 6) is -0.561. The molecule has 0 aromatic heterocycles. The minimum absolute atomic E-state index is 0.000326. The molecule has 0 amide bonds. The number of hydrogen-bond donors (Lipinski definition) is 1. The van der Waals surface area contributed by atoms with Crippen LogP contribution in [0.2, 0.25) is 0 Å². The van der Waals surface area contributed by atoms with Crippen LogP contribution in [0.4, 0.5) is 4.39 Å². The first-order valence-electron chi connectivity index (χ1n) is 6.83. The zero-order chi connectivity index (χ0) is 15.6. The van der Waals surface area contributed by atoms with E-state index in [4.69, 9.17) is 9.84 Å². The second-order valence-corrected chi connectivity index (χ2v) is 7.15. The molecule has 7 heteroatoms. The van der Waals surface area contributed by atoms with E-state index < -0.39 is 22.4 Å². The number of halogens is 1. The summed E-state index contributed by atoms with van der Waals surface area (Å²) in [6, 6.07) is 2.52. The summed E-state index contributed by atoms with van der Waals surface area (Å²) in [5, 5.41) is 9.15. The van der Waals surface area contributed by atoms with Gasteiger partial charge in [-0.1, -0.05) is 0 Å². The second kappa shape index (κ2) is 6.39. The van der Waals surface area contributed by atoms with E-state index in [0.717, 1.165) is 0 Å². The molecule has 0 bridgehead atoms. The van der Waals surface area contributed by atoms with Crippen molar-refractivity contribution in [2.75, 3.05) is 20.2 Å². The van der Waals surface area contributed by atoms with E-state index in [1.165, 1.54) is 23.4 Å². The first-order valence-corrected chi connectivity index (χ1v) is 8.27. The minimum atomic E-state index is -3.67. The van der Waals surface area contributed by atoms with Crippen LogP contribution in [-0.4, -0.2) is 44.1 Å². The Bertz CT molecular complexity index is 610. The van der Waals surface area contributed by atoms with Crippen LogP contribution in [0.1, 0.15) is 24.0 Å². The number of rotatable bonds is 4. The number of aliphatic hydroxyl groups excluding tert-OH is 1. The predicted molar refractivity (Wildman–Crippen MR) is 75.8 cm³/mol. The molecule has 1 aliphatic heterocycles. The highest BCUT2D eigenvalue weighted by atomic mass is 32.2. The van der Waals surface area contributed by atoms with Crippen LogP contribution in [0.3, 0.4) is 0 Å². The quantitative estimate of drug-likeness (QED) is 0.912. The molecule has 2 rings (SSSR count). The fraction of sp³-hybridized carbons (Fsp3) is 0.571. The van der Waals surface area contributed by atoms with Crippen LogP contribution in [-0.2, 0) is 21.4 Å². The lowest BCUT2D eigenvalue weighted by Crippen LogP contribution is -2.40. The normalized spacial score (nSPS) is 18.1. The van der Waals surface area contributed by atoms with Gasteiger partial charge in [0.1, 0.15) is 5.82 Å². The van der Waals surface area contributed by atoms with Crippen molar-refractivity contribution in [2.45, 2.75) is 37.4 Å². The van der Waals surface area contributed by atoms with Gasteiger partial charge in [0, 0.05) is 25.8 Å². The van der Waals surface area contributed by atoms with Gasteiger partial charge in [-0.25, -0.2) is 12.8 Å². The lowest BCUT2D eigenvalue weighted by Gasteiger charge is -2.30. The molecule has 21 heavy (non-hydrogen) atoms. The number of hydrogen-bond acceptors (Lipinski definition) is 4. The molecule has 0 unspecified atom stereocenters. The molecular weight excluding hydrogens is 297 g/mol. The molecule has 5 nitrogen and oxygen atoms in total. The van der Waals surface area contributed by atoms with Gasteiger partial charge in [0.05, 0.1) is 17.6 Å². The average Bonchev–Trinajstić information content (AvgIpc) is 2.49. The molecule has 118 valence electrons. The predicted octanol–water partition coefficient (Wildman–Crippen LogP) is 1.43. The number of benzene rings is 1. The van der Waals surface area contributed by atoms with Crippen molar-refractivity contribution < 1.29 is 22.7 Å². The van der Waals surface area contributed by atoms with E-state index in [9.17, 15) is 12.8 Å². The van der Waals surface area contributed by atoms with Crippen molar-refractivity contribution in [3.8, 4) is 0 Å². The highest BCUT2D eigenvalue weighted by molar-refractivity contribution is 7.89. The van der Waals surface area contributed by atoms with Crippen molar-refractivity contribution in [3.63, 3.8) is 0 Å². The van der Waals surface area contributed by atoms with Gasteiger partial charge >= 0.3 is 0 Å². The van der Waals surface area contributed by atoms with E-state index in [1.54, 1.807) is 7.11 Å². The molecule has 1 heterocycles. The molecule has 1 aliphatic rings. The fourth-order valence-corrected chi connectivity index (χ4v) is 4.13. The maximum absolute atomic E-state index is 13.7. The summed E-state index contributed by atoms with van der Waals surface area (Å²) in [6.07, 6.45) is 1.37. The maximum atomic E-state index is 13.7. The summed E-state index contributed by atoms with van der Waals surface area (Å²) < 4.78 is 45.5. The number of methoxy groups -OCH3 is 1. The van der Waals surface area contributed by atoms with E-state index >= 15 is 0 Å². The zero-order valence-electron chi connectivity index (χ0n) is 12.2. The Balaban J connectivity index is 2.30. The number of aliphatic hydroxyl groups is 1. The maximum Gasteiger partial charge on any atom is 0.243 e. The van der Waals surface area contributed by atoms with Crippen LogP contribution in [0.25, 0.3) is 0 Å². The van der Waals surface area contributed by atoms with Crippen molar-refractivity contribution in [1.29, 1.82) is 0 Å². The largest absolute Gasteiger partial charge is 0.392 e. The Morgan fingerprint density at radius 2 is 2.00 bits per heavy atom. The van der Waals surface area contributed by atoms with E-state index in [1.807, 2.05) is 0 Å². The fourth-order valence-electron chi connectivity index (χ4n) is 2.53. The van der Waals surface area contributed by atoms with Crippen LogP contribution < -0.4 is 0 Å². The smallest absolute Gasteiger partial charge is 0.243 e. The number of sulfonamides is 1. The van der Waals surface area contributed by atoms with Gasteiger partial charge < -0.3 is 9.84 Å². The van der Waals surface area contributed by atoms with Gasteiger partial charge in [-0.15, -0.1) is 0 Å². The highest BCUT2D eigenvalue weighted by Crippen LogP contribution is 2.25. The average molecular weight is 317 g/mol. The SMILES string of the molecule is COC1CCN(S(=O)(=O)c2cc(C)c(F)c(CO)c2)CC1. The Hall–Kier alpha value is -1.02. The molecule has 0 radical (unpaired) electrons. The summed E-state index contributed by atoms with van der Waals surface area (Å²) in [6.45, 7) is 1.73. The standard InChI is InChI=1S/C14H20FNO4S/c1-10-7-13(8-11(9-17)14(10)15)21(18,19)16-5-3-12(20-2)4-6-16/h7-8,12,17H,3-6,9H2,1-2H3. The van der Waals surface area contributed by atoms with Gasteiger partial charge in [-0.3, -0.25) is 0 Å². The molecule has 1 aromatic rings. The monoisotopic (exact) mass is 317 g/mol. The van der Waals surface area contributed by atoms with Gasteiger partial charge in [0.15, 0.2) is 0 Å². The topological polar surface area (TPSA) is 66.8 Å². The molecular formula is C14H20FNO4S. The molecule has 0 saturated carbocycles. The van der Waals surface area contributed by atoms with Gasteiger partial charge in [0.25, 0.3) is 0 Å². The first kappa shape index (κ1) is 16.4. The van der Waals surface area contributed by atoms with Crippen LogP contribution >= 0.6 is 0 Å². The van der Waals surface area contributed by atoms with Crippen LogP contribution in [0, 0.1) is 12.7 Å². The Morgan fingerprint density at radius 3 is 2.52 bits per heavy atom.